The van der Waals surface area contributed by atoms with Crippen molar-refractivity contribution < 1.29 is 0 Å². The number of nitrogens with one attached hydrogen (secondary N) is 1. The normalized spacial score (nSPS) is 10.6. The van der Waals surface area contributed by atoms with Crippen molar-refractivity contribution in [1.29, 1.82) is 0 Å². The Morgan fingerprint density at radius 1 is 1.40 bits per heavy atom. The van der Waals surface area contributed by atoms with Crippen molar-refractivity contribution in [3.8, 4) is 10.6 Å². The third kappa shape index (κ3) is 2.12. The molecule has 0 radical (unpaired) electrons. The Hall–Kier alpha value is -0.710. The Morgan fingerprint density at radius 3 is 2.73 bits per heavy atom. The molecule has 0 aliphatic carbocycles. The second-order valence-electron chi connectivity index (χ2n) is 3.23. The van der Waals surface area contributed by atoms with Gasteiger partial charge >= 0.3 is 0 Å². The first-order valence-corrected chi connectivity index (χ1v) is 6.01. The number of H-pyrrole nitrogens is 1. The monoisotopic (exact) mass is 256 g/mol. The fourth-order valence-corrected chi connectivity index (χ4v) is 2.64. The van der Waals surface area contributed by atoms with Crippen molar-refractivity contribution in [2.75, 3.05) is 0 Å². The van der Waals surface area contributed by atoms with Crippen molar-refractivity contribution in [2.24, 2.45) is 0 Å². The molecule has 0 atom stereocenters. The van der Waals surface area contributed by atoms with E-state index in [1.165, 1.54) is 11.3 Å². The van der Waals surface area contributed by atoms with Crippen molar-refractivity contribution in [2.45, 2.75) is 13.8 Å². The molecule has 78 valence electrons. The maximum Gasteiger partial charge on any atom is 0.130 e. The number of aromatic nitrogens is 2. The second kappa shape index (κ2) is 4.04. The van der Waals surface area contributed by atoms with E-state index in [4.69, 9.17) is 23.8 Å². The number of nitrogens with zero attached hydrogens (tertiary/aromatic N) is 1. The van der Waals surface area contributed by atoms with Crippen LogP contribution in [-0.2, 0) is 0 Å². The highest BCUT2D eigenvalue weighted by molar-refractivity contribution is 7.71. The zero-order chi connectivity index (χ0) is 11.0. The molecule has 2 aromatic heterocycles. The van der Waals surface area contributed by atoms with Gasteiger partial charge in [0.15, 0.2) is 0 Å². The van der Waals surface area contributed by atoms with Gasteiger partial charge in [0, 0.05) is 5.69 Å². The van der Waals surface area contributed by atoms with Crippen LogP contribution in [0.25, 0.3) is 10.6 Å². The molecular weight excluding hydrogens is 248 g/mol. The molecule has 0 aliphatic rings. The molecule has 0 bridgehead atoms. The average Bonchev–Trinajstić information content (AvgIpc) is 2.58. The van der Waals surface area contributed by atoms with Crippen LogP contribution in [0.4, 0.5) is 0 Å². The van der Waals surface area contributed by atoms with E-state index in [2.05, 4.69) is 9.97 Å². The van der Waals surface area contributed by atoms with E-state index in [1.807, 2.05) is 26.0 Å². The average molecular weight is 257 g/mol. The molecule has 0 fully saturated rings. The van der Waals surface area contributed by atoms with Gasteiger partial charge in [-0.15, -0.1) is 11.3 Å². The lowest BCUT2D eigenvalue weighted by Crippen LogP contribution is -1.94. The van der Waals surface area contributed by atoms with Gasteiger partial charge in [0.25, 0.3) is 0 Å². The molecule has 1 N–H and O–H groups in total. The second-order valence-corrected chi connectivity index (χ2v) is 5.35. The van der Waals surface area contributed by atoms with Crippen molar-refractivity contribution in [3.63, 3.8) is 0 Å². The summed E-state index contributed by atoms with van der Waals surface area (Å²) >= 11 is 12.6. The van der Waals surface area contributed by atoms with E-state index in [1.54, 1.807) is 0 Å². The lowest BCUT2D eigenvalue weighted by Gasteiger charge is -2.02. The quantitative estimate of drug-likeness (QED) is 0.777. The largest absolute Gasteiger partial charge is 0.347 e. The Balaban J connectivity index is 2.63. The maximum absolute atomic E-state index is 5.88. The Kier molecular flexibility index (Phi) is 2.91. The number of aryl methyl sites for hydroxylation is 2. The predicted octanol–water partition coefficient (Wildman–Crippen LogP) is 4.14. The minimum absolute atomic E-state index is 0.664. The minimum atomic E-state index is 0.664. The van der Waals surface area contributed by atoms with Gasteiger partial charge in [0.1, 0.15) is 10.3 Å². The molecule has 0 aromatic carbocycles. The highest BCUT2D eigenvalue weighted by atomic mass is 35.5. The van der Waals surface area contributed by atoms with Crippen LogP contribution in [0.5, 0.6) is 0 Å². The van der Waals surface area contributed by atoms with E-state index in [0.717, 1.165) is 26.3 Å². The van der Waals surface area contributed by atoms with Gasteiger partial charge in [-0.1, -0.05) is 23.8 Å². The van der Waals surface area contributed by atoms with Gasteiger partial charge in [-0.3, -0.25) is 0 Å². The molecule has 2 aromatic rings. The zero-order valence-electron chi connectivity index (χ0n) is 8.30. The Labute approximate surface area is 102 Å². The highest BCUT2D eigenvalue weighted by Crippen LogP contribution is 2.30. The summed E-state index contributed by atoms with van der Waals surface area (Å²) in [6.07, 6.45) is 0. The van der Waals surface area contributed by atoms with E-state index in [-0.39, 0.29) is 0 Å². The summed E-state index contributed by atoms with van der Waals surface area (Å²) in [4.78, 5) is 8.61. The summed E-state index contributed by atoms with van der Waals surface area (Å²) in [6, 6.07) is 3.79. The van der Waals surface area contributed by atoms with Crippen LogP contribution in [0.1, 0.15) is 11.4 Å². The van der Waals surface area contributed by atoms with Crippen LogP contribution in [-0.4, -0.2) is 9.97 Å². The first-order valence-electron chi connectivity index (χ1n) is 4.41. The van der Waals surface area contributed by atoms with Crippen LogP contribution in [0.3, 0.4) is 0 Å². The smallest absolute Gasteiger partial charge is 0.130 e. The molecule has 5 heteroatoms. The summed E-state index contributed by atoms with van der Waals surface area (Å²) in [6.45, 7) is 3.92. The molecule has 0 saturated heterocycles. The van der Waals surface area contributed by atoms with Gasteiger partial charge in [0.2, 0.25) is 0 Å². The molecule has 15 heavy (non-hydrogen) atoms. The number of thiophene rings is 1. The lowest BCUT2D eigenvalue weighted by atomic mass is 10.3. The SMILES string of the molecule is Cc1nc(-c2ccc(Cl)s2)c(=S)[nH]c1C. The Morgan fingerprint density at radius 2 is 2.13 bits per heavy atom. The molecule has 2 rings (SSSR count). The highest BCUT2D eigenvalue weighted by Gasteiger charge is 2.07. The van der Waals surface area contributed by atoms with E-state index in [9.17, 15) is 0 Å². The first kappa shape index (κ1) is 10.8. The third-order valence-electron chi connectivity index (χ3n) is 2.14. The number of aromatic amines is 1. The zero-order valence-corrected chi connectivity index (χ0v) is 10.7. The summed E-state index contributed by atoms with van der Waals surface area (Å²) in [5, 5.41) is 0. The van der Waals surface area contributed by atoms with Crippen LogP contribution < -0.4 is 0 Å². The molecule has 2 nitrogen and oxygen atoms in total. The van der Waals surface area contributed by atoms with Gasteiger partial charge in [-0.2, -0.15) is 0 Å². The van der Waals surface area contributed by atoms with Gasteiger partial charge in [0.05, 0.1) is 14.9 Å². The van der Waals surface area contributed by atoms with Gasteiger partial charge in [-0.25, -0.2) is 4.98 Å². The fraction of sp³-hybridized carbons (Fsp3) is 0.200. The van der Waals surface area contributed by atoms with E-state index < -0.39 is 0 Å². The number of halogens is 1. The first-order chi connectivity index (χ1) is 7.08. The third-order valence-corrected chi connectivity index (χ3v) is 3.68. The van der Waals surface area contributed by atoms with Crippen LogP contribution in [0.2, 0.25) is 4.34 Å². The maximum atomic E-state index is 5.88. The molecule has 0 amide bonds. The predicted molar refractivity (Wildman–Crippen MR) is 67.2 cm³/mol. The van der Waals surface area contributed by atoms with Gasteiger partial charge in [-0.05, 0) is 26.0 Å². The molecule has 0 unspecified atom stereocenters. The van der Waals surface area contributed by atoms with Crippen LogP contribution in [0.15, 0.2) is 12.1 Å². The van der Waals surface area contributed by atoms with Gasteiger partial charge < -0.3 is 4.98 Å². The standard InChI is InChI=1S/C10H9ClN2S2/c1-5-6(2)13-10(14)9(12-5)7-3-4-8(11)15-7/h3-4H,1-2H3,(H,13,14). The van der Waals surface area contributed by atoms with Crippen molar-refractivity contribution in [3.05, 3.63) is 32.5 Å². The Bertz CT molecular complexity index is 557. The lowest BCUT2D eigenvalue weighted by molar-refractivity contribution is 1.04. The van der Waals surface area contributed by atoms with Crippen molar-refractivity contribution in [1.82, 2.24) is 9.97 Å². The van der Waals surface area contributed by atoms with Crippen LogP contribution in [0, 0.1) is 18.5 Å². The van der Waals surface area contributed by atoms with E-state index in [0.29, 0.717) is 4.64 Å². The number of hydrogen-bond acceptors (Lipinski definition) is 3. The summed E-state index contributed by atoms with van der Waals surface area (Å²) in [7, 11) is 0. The van der Waals surface area contributed by atoms with E-state index >= 15 is 0 Å². The summed E-state index contributed by atoms with van der Waals surface area (Å²) in [5.74, 6) is 0. The molecule has 0 saturated carbocycles. The number of hydrogen-bond donors (Lipinski definition) is 1. The topological polar surface area (TPSA) is 28.7 Å². The van der Waals surface area contributed by atoms with Crippen molar-refractivity contribution >= 4 is 35.2 Å². The summed E-state index contributed by atoms with van der Waals surface area (Å²) < 4.78 is 1.41. The fourth-order valence-electron chi connectivity index (χ4n) is 1.23. The molecule has 2 heterocycles. The molecular formula is C10H9ClN2S2. The number of rotatable bonds is 1. The molecule has 0 spiro atoms. The molecule has 0 aliphatic heterocycles. The van der Waals surface area contributed by atoms with Crippen LogP contribution >= 0.6 is 35.2 Å². The minimum Gasteiger partial charge on any atom is -0.347 e. The summed E-state index contributed by atoms with van der Waals surface area (Å²) in [5.41, 5.74) is 2.78.